The Bertz CT molecular complexity index is 1330. The van der Waals surface area contributed by atoms with Crippen LogP contribution in [0, 0.1) is 0 Å². The molecule has 7 nitrogen and oxygen atoms in total. The van der Waals surface area contributed by atoms with Crippen LogP contribution in [0.3, 0.4) is 0 Å². The third-order valence-corrected chi connectivity index (χ3v) is 5.16. The summed E-state index contributed by atoms with van der Waals surface area (Å²) in [6, 6.07) is 21.2. The Morgan fingerprint density at radius 1 is 0.969 bits per heavy atom. The molecule has 0 aliphatic rings. The maximum Gasteiger partial charge on any atom is 0.279 e. The quantitative estimate of drug-likeness (QED) is 0.462. The molecule has 32 heavy (non-hydrogen) atoms. The fraction of sp³-hybridized carbons (Fsp3) is 0.160. The van der Waals surface area contributed by atoms with Crippen molar-refractivity contribution >= 4 is 22.4 Å². The summed E-state index contributed by atoms with van der Waals surface area (Å²) in [6.07, 6.45) is 0. The van der Waals surface area contributed by atoms with E-state index in [9.17, 15) is 9.59 Å². The predicted octanol–water partition coefficient (Wildman–Crippen LogP) is 4.07. The summed E-state index contributed by atoms with van der Waals surface area (Å²) in [5.41, 5.74) is 1.02. The molecular weight excluding hydrogens is 406 g/mol. The first-order valence-corrected chi connectivity index (χ1v) is 10.2. The first kappa shape index (κ1) is 21.1. The molecule has 0 radical (unpaired) electrons. The molecule has 0 atom stereocenters. The van der Waals surface area contributed by atoms with Crippen LogP contribution in [-0.2, 0) is 0 Å². The summed E-state index contributed by atoms with van der Waals surface area (Å²) in [6.45, 7) is 2.36. The lowest BCUT2D eigenvalue weighted by molar-refractivity contribution is 0.0987. The summed E-state index contributed by atoms with van der Waals surface area (Å²) >= 11 is 0. The number of carbonyl (C=O) groups excluding carboxylic acids is 1. The average molecular weight is 429 g/mol. The molecular formula is C25H23N3O4. The van der Waals surface area contributed by atoms with Gasteiger partial charge in [0, 0.05) is 12.4 Å². The Kier molecular flexibility index (Phi) is 5.89. The summed E-state index contributed by atoms with van der Waals surface area (Å²) in [5, 5.41) is 5.38. The summed E-state index contributed by atoms with van der Waals surface area (Å²) in [5.74, 6) is 0.903. The molecule has 4 rings (SSSR count). The highest BCUT2D eigenvalue weighted by molar-refractivity contribution is 6.12. The molecule has 0 aliphatic heterocycles. The number of ether oxygens (including phenoxy) is 2. The number of anilines is 1. The predicted molar refractivity (Wildman–Crippen MR) is 124 cm³/mol. The van der Waals surface area contributed by atoms with Gasteiger partial charge in [-0.1, -0.05) is 30.3 Å². The topological polar surface area (TPSA) is 73.7 Å². The number of rotatable bonds is 6. The standard InChI is InChI=1S/C25H23N3O4/c1-4-32-22-12-8-7-11-21(22)27(2)25(30)23-19-9-5-6-10-20(19)24(29)28(26-23)17-13-15-18(31-3)16-14-17/h5-16H,4H2,1-3H3. The van der Waals surface area contributed by atoms with E-state index in [1.54, 1.807) is 62.7 Å². The van der Waals surface area contributed by atoms with Crippen LogP contribution in [0.5, 0.6) is 11.5 Å². The molecule has 0 saturated heterocycles. The van der Waals surface area contributed by atoms with E-state index in [0.29, 0.717) is 40.3 Å². The van der Waals surface area contributed by atoms with Gasteiger partial charge in [-0.05, 0) is 49.4 Å². The molecule has 0 N–H and O–H groups in total. The second kappa shape index (κ2) is 8.93. The molecule has 0 unspecified atom stereocenters. The van der Waals surface area contributed by atoms with Crippen molar-refractivity contribution in [1.82, 2.24) is 9.78 Å². The van der Waals surface area contributed by atoms with Crippen LogP contribution in [0.2, 0.25) is 0 Å². The fourth-order valence-electron chi connectivity index (χ4n) is 3.53. The minimum atomic E-state index is -0.351. The van der Waals surface area contributed by atoms with Gasteiger partial charge in [-0.25, -0.2) is 0 Å². The molecule has 0 bridgehead atoms. The van der Waals surface area contributed by atoms with E-state index in [-0.39, 0.29) is 17.2 Å². The molecule has 1 aromatic heterocycles. The van der Waals surface area contributed by atoms with Gasteiger partial charge >= 0.3 is 0 Å². The molecule has 0 saturated carbocycles. The molecule has 0 fully saturated rings. The van der Waals surface area contributed by atoms with Crippen molar-refractivity contribution in [3.8, 4) is 17.2 Å². The zero-order chi connectivity index (χ0) is 22.7. The monoisotopic (exact) mass is 429 g/mol. The van der Waals surface area contributed by atoms with Crippen molar-refractivity contribution in [2.75, 3.05) is 25.7 Å². The number of aromatic nitrogens is 2. The van der Waals surface area contributed by atoms with Crippen LogP contribution in [0.1, 0.15) is 17.4 Å². The van der Waals surface area contributed by atoms with Crippen molar-refractivity contribution in [2.24, 2.45) is 0 Å². The Morgan fingerprint density at radius 2 is 1.62 bits per heavy atom. The SMILES string of the molecule is CCOc1ccccc1N(C)C(=O)c1nn(-c2ccc(OC)cc2)c(=O)c2ccccc12. The van der Waals surface area contributed by atoms with Gasteiger partial charge < -0.3 is 14.4 Å². The highest BCUT2D eigenvalue weighted by atomic mass is 16.5. The van der Waals surface area contributed by atoms with E-state index in [4.69, 9.17) is 9.47 Å². The highest BCUT2D eigenvalue weighted by Crippen LogP contribution is 2.29. The van der Waals surface area contributed by atoms with Crippen LogP contribution in [0.4, 0.5) is 5.69 Å². The average Bonchev–Trinajstić information content (AvgIpc) is 2.84. The number of carbonyl (C=O) groups is 1. The van der Waals surface area contributed by atoms with Crippen LogP contribution in [0.15, 0.2) is 77.6 Å². The van der Waals surface area contributed by atoms with Crippen molar-refractivity contribution in [3.63, 3.8) is 0 Å². The fourth-order valence-corrected chi connectivity index (χ4v) is 3.53. The van der Waals surface area contributed by atoms with E-state index < -0.39 is 0 Å². The van der Waals surface area contributed by atoms with E-state index in [2.05, 4.69) is 5.10 Å². The van der Waals surface area contributed by atoms with Gasteiger partial charge in [0.1, 0.15) is 11.5 Å². The summed E-state index contributed by atoms with van der Waals surface area (Å²) < 4.78 is 12.1. The molecule has 3 aromatic carbocycles. The first-order chi connectivity index (χ1) is 15.5. The molecule has 0 spiro atoms. The highest BCUT2D eigenvalue weighted by Gasteiger charge is 2.23. The first-order valence-electron chi connectivity index (χ1n) is 10.2. The van der Waals surface area contributed by atoms with Gasteiger partial charge in [-0.2, -0.15) is 9.78 Å². The molecule has 1 heterocycles. The second-order valence-corrected chi connectivity index (χ2v) is 7.07. The molecule has 1 amide bonds. The normalized spacial score (nSPS) is 10.7. The Morgan fingerprint density at radius 3 is 2.31 bits per heavy atom. The van der Waals surface area contributed by atoms with Crippen molar-refractivity contribution in [2.45, 2.75) is 6.92 Å². The zero-order valence-electron chi connectivity index (χ0n) is 18.1. The number of hydrogen-bond donors (Lipinski definition) is 0. The third-order valence-electron chi connectivity index (χ3n) is 5.16. The minimum Gasteiger partial charge on any atom is -0.497 e. The molecule has 0 aliphatic carbocycles. The van der Waals surface area contributed by atoms with E-state index in [0.717, 1.165) is 0 Å². The van der Waals surface area contributed by atoms with Crippen LogP contribution >= 0.6 is 0 Å². The van der Waals surface area contributed by atoms with Crippen molar-refractivity contribution in [3.05, 3.63) is 88.8 Å². The van der Waals surface area contributed by atoms with Gasteiger partial charge in [-0.3, -0.25) is 9.59 Å². The van der Waals surface area contributed by atoms with E-state index in [1.807, 2.05) is 31.2 Å². The maximum atomic E-state index is 13.6. The molecule has 4 aromatic rings. The lowest BCUT2D eigenvalue weighted by Gasteiger charge is -2.21. The van der Waals surface area contributed by atoms with Crippen LogP contribution in [0.25, 0.3) is 16.5 Å². The smallest absolute Gasteiger partial charge is 0.279 e. The van der Waals surface area contributed by atoms with Crippen LogP contribution in [-0.4, -0.2) is 36.5 Å². The van der Waals surface area contributed by atoms with Gasteiger partial charge in [-0.15, -0.1) is 0 Å². The number of para-hydroxylation sites is 2. The number of hydrogen-bond acceptors (Lipinski definition) is 5. The van der Waals surface area contributed by atoms with Gasteiger partial charge in [0.05, 0.1) is 30.5 Å². The Hall–Kier alpha value is -4.13. The Balaban J connectivity index is 1.87. The Labute approximate surface area is 185 Å². The molecule has 162 valence electrons. The number of methoxy groups -OCH3 is 1. The summed E-state index contributed by atoms with van der Waals surface area (Å²) in [4.78, 5) is 28.2. The van der Waals surface area contributed by atoms with Crippen molar-refractivity contribution < 1.29 is 14.3 Å². The number of amides is 1. The van der Waals surface area contributed by atoms with Crippen LogP contribution < -0.4 is 19.9 Å². The largest absolute Gasteiger partial charge is 0.497 e. The third kappa shape index (κ3) is 3.80. The minimum absolute atomic E-state index is 0.171. The number of benzene rings is 3. The summed E-state index contributed by atoms with van der Waals surface area (Å²) in [7, 11) is 3.24. The second-order valence-electron chi connectivity index (χ2n) is 7.07. The number of fused-ring (bicyclic) bond motifs is 1. The van der Waals surface area contributed by atoms with E-state index in [1.165, 1.54) is 9.58 Å². The maximum absolute atomic E-state index is 13.6. The van der Waals surface area contributed by atoms with Gasteiger partial charge in [0.2, 0.25) is 0 Å². The number of nitrogens with zero attached hydrogens (tertiary/aromatic N) is 3. The lowest BCUT2D eigenvalue weighted by Crippen LogP contribution is -2.31. The lowest BCUT2D eigenvalue weighted by atomic mass is 10.1. The molecule has 7 heteroatoms. The van der Waals surface area contributed by atoms with Gasteiger partial charge in [0.25, 0.3) is 11.5 Å². The zero-order valence-corrected chi connectivity index (χ0v) is 18.1. The van der Waals surface area contributed by atoms with Gasteiger partial charge in [0.15, 0.2) is 5.69 Å². The van der Waals surface area contributed by atoms with Crippen molar-refractivity contribution in [1.29, 1.82) is 0 Å². The van der Waals surface area contributed by atoms with E-state index >= 15 is 0 Å².